The van der Waals surface area contributed by atoms with Crippen molar-refractivity contribution < 1.29 is 14.7 Å². The van der Waals surface area contributed by atoms with Gasteiger partial charge in [0.2, 0.25) is 0 Å². The summed E-state index contributed by atoms with van der Waals surface area (Å²) in [6, 6.07) is 7.51. The van der Waals surface area contributed by atoms with Gasteiger partial charge in [0.1, 0.15) is 0 Å². The molecule has 0 aliphatic rings. The van der Waals surface area contributed by atoms with Crippen molar-refractivity contribution in [2.75, 3.05) is 5.32 Å². The van der Waals surface area contributed by atoms with Crippen LogP contribution in [0.4, 0.5) is 10.5 Å². The monoisotopic (exact) mass is 350 g/mol. The minimum absolute atomic E-state index is 0.0710. The van der Waals surface area contributed by atoms with Crippen LogP contribution in [-0.2, 0) is 6.54 Å². The minimum atomic E-state index is -1.08. The Bertz CT molecular complexity index is 664. The van der Waals surface area contributed by atoms with Crippen LogP contribution < -0.4 is 10.6 Å². The van der Waals surface area contributed by atoms with E-state index in [1.54, 1.807) is 30.5 Å². The summed E-state index contributed by atoms with van der Waals surface area (Å²) in [7, 11) is 0. The number of halogens is 1. The Morgan fingerprint density at radius 2 is 2.10 bits per heavy atom. The Morgan fingerprint density at radius 1 is 1.29 bits per heavy atom. The molecule has 0 aliphatic carbocycles. The zero-order valence-corrected chi connectivity index (χ0v) is 12.3. The molecule has 108 valence electrons. The molecule has 2 amide bonds. The lowest BCUT2D eigenvalue weighted by molar-refractivity contribution is 0.0696. The fourth-order valence-corrected chi connectivity index (χ4v) is 1.96. The number of aromatic carboxylic acids is 1. The summed E-state index contributed by atoms with van der Waals surface area (Å²) in [6.07, 6.45) is 1.54. The Morgan fingerprint density at radius 3 is 2.76 bits per heavy atom. The first kappa shape index (κ1) is 14.9. The molecule has 0 fully saturated rings. The van der Waals surface area contributed by atoms with Gasteiger partial charge in [0.05, 0.1) is 17.8 Å². The first-order valence-electron chi connectivity index (χ1n) is 5.90. The smallest absolute Gasteiger partial charge is 0.336 e. The highest BCUT2D eigenvalue weighted by atomic mass is 79.9. The molecule has 8 heteroatoms. The van der Waals surface area contributed by atoms with E-state index in [0.29, 0.717) is 15.9 Å². The lowest BCUT2D eigenvalue weighted by Gasteiger charge is -2.08. The molecule has 2 aromatic rings. The maximum absolute atomic E-state index is 11.7. The zero-order valence-electron chi connectivity index (χ0n) is 10.7. The highest BCUT2D eigenvalue weighted by Gasteiger charge is 2.10. The third-order valence-electron chi connectivity index (χ3n) is 2.51. The predicted octanol–water partition coefficient (Wildman–Crippen LogP) is 2.26. The average molecular weight is 351 g/mol. The van der Waals surface area contributed by atoms with E-state index in [1.165, 1.54) is 6.07 Å². The van der Waals surface area contributed by atoms with E-state index in [1.807, 2.05) is 0 Å². The van der Waals surface area contributed by atoms with Gasteiger partial charge in [-0.15, -0.1) is 0 Å². The van der Waals surface area contributed by atoms with Gasteiger partial charge in [0.25, 0.3) is 0 Å². The molecule has 0 spiro atoms. The van der Waals surface area contributed by atoms with Crippen LogP contribution in [0.2, 0.25) is 0 Å². The second kappa shape index (κ2) is 6.80. The van der Waals surface area contributed by atoms with Gasteiger partial charge in [-0.25, -0.2) is 9.59 Å². The van der Waals surface area contributed by atoms with E-state index in [2.05, 4.69) is 36.8 Å². The molecule has 21 heavy (non-hydrogen) atoms. The number of aromatic nitrogens is 2. The number of amides is 2. The molecule has 0 saturated heterocycles. The lowest BCUT2D eigenvalue weighted by Crippen LogP contribution is -2.28. The summed E-state index contributed by atoms with van der Waals surface area (Å²) in [5.74, 6) is -1.08. The first-order chi connectivity index (χ1) is 10.1. The maximum atomic E-state index is 11.7. The normalized spacial score (nSPS) is 9.95. The van der Waals surface area contributed by atoms with Gasteiger partial charge in [0, 0.05) is 16.4 Å². The van der Waals surface area contributed by atoms with Gasteiger partial charge < -0.3 is 15.7 Å². The number of carboxylic acids is 1. The van der Waals surface area contributed by atoms with E-state index in [-0.39, 0.29) is 12.1 Å². The van der Waals surface area contributed by atoms with Crippen LogP contribution in [0.3, 0.4) is 0 Å². The number of hydrogen-bond donors (Lipinski definition) is 3. The van der Waals surface area contributed by atoms with Crippen LogP contribution in [0, 0.1) is 0 Å². The summed E-state index contributed by atoms with van der Waals surface area (Å²) >= 11 is 3.13. The number of anilines is 1. The van der Waals surface area contributed by atoms with Gasteiger partial charge in [-0.05, 0) is 46.3 Å². The number of hydrogen-bond acceptors (Lipinski definition) is 4. The molecule has 0 saturated carbocycles. The summed E-state index contributed by atoms with van der Waals surface area (Å²) < 4.78 is 0.445. The van der Waals surface area contributed by atoms with Crippen LogP contribution in [-0.4, -0.2) is 27.3 Å². The molecular formula is C13H11BrN4O3. The molecule has 1 aromatic heterocycles. The van der Waals surface area contributed by atoms with Crippen molar-refractivity contribution in [3.63, 3.8) is 0 Å². The van der Waals surface area contributed by atoms with Crippen LogP contribution in [0.5, 0.6) is 0 Å². The largest absolute Gasteiger partial charge is 0.478 e. The molecule has 0 aliphatic heterocycles. The minimum Gasteiger partial charge on any atom is -0.478 e. The molecule has 1 heterocycles. The molecule has 0 unspecified atom stereocenters. The highest BCUT2D eigenvalue weighted by Crippen LogP contribution is 2.21. The number of nitrogens with one attached hydrogen (secondary N) is 2. The van der Waals surface area contributed by atoms with Crippen molar-refractivity contribution >= 4 is 33.6 Å². The van der Waals surface area contributed by atoms with Gasteiger partial charge in [-0.2, -0.15) is 10.2 Å². The van der Waals surface area contributed by atoms with Crippen molar-refractivity contribution in [3.8, 4) is 0 Å². The Balaban J connectivity index is 1.97. The number of carboxylic acid groups (broad SMARTS) is 1. The predicted molar refractivity (Wildman–Crippen MR) is 79.0 cm³/mol. The molecule has 0 bridgehead atoms. The van der Waals surface area contributed by atoms with E-state index < -0.39 is 12.0 Å². The summed E-state index contributed by atoms with van der Waals surface area (Å²) in [6.45, 7) is 0.224. The second-order valence-corrected chi connectivity index (χ2v) is 4.88. The van der Waals surface area contributed by atoms with Crippen LogP contribution in [0.15, 0.2) is 41.0 Å². The van der Waals surface area contributed by atoms with Gasteiger partial charge in [-0.1, -0.05) is 0 Å². The molecule has 1 aromatic carbocycles. The van der Waals surface area contributed by atoms with Gasteiger partial charge in [-0.3, -0.25) is 0 Å². The molecule has 0 radical (unpaired) electrons. The second-order valence-electron chi connectivity index (χ2n) is 4.02. The van der Waals surface area contributed by atoms with Crippen molar-refractivity contribution in [3.05, 3.63) is 52.3 Å². The van der Waals surface area contributed by atoms with E-state index in [9.17, 15) is 9.59 Å². The van der Waals surface area contributed by atoms with Crippen LogP contribution >= 0.6 is 15.9 Å². The van der Waals surface area contributed by atoms with Crippen molar-refractivity contribution in [2.24, 2.45) is 0 Å². The van der Waals surface area contributed by atoms with Crippen molar-refractivity contribution in [1.29, 1.82) is 0 Å². The van der Waals surface area contributed by atoms with Crippen molar-refractivity contribution in [2.45, 2.75) is 6.54 Å². The SMILES string of the molecule is O=C(NCc1cccnn1)Nc1ccc(Br)c(C(=O)O)c1. The molecule has 2 rings (SSSR count). The average Bonchev–Trinajstić information content (AvgIpc) is 2.48. The number of nitrogens with zero attached hydrogens (tertiary/aromatic N) is 2. The zero-order chi connectivity index (χ0) is 15.2. The quantitative estimate of drug-likeness (QED) is 0.784. The number of urea groups is 1. The fourth-order valence-electron chi connectivity index (χ4n) is 1.54. The highest BCUT2D eigenvalue weighted by molar-refractivity contribution is 9.10. The summed E-state index contributed by atoms with van der Waals surface area (Å²) in [4.78, 5) is 22.7. The number of rotatable bonds is 4. The molecule has 7 nitrogen and oxygen atoms in total. The fraction of sp³-hybridized carbons (Fsp3) is 0.0769. The maximum Gasteiger partial charge on any atom is 0.336 e. The third-order valence-corrected chi connectivity index (χ3v) is 3.20. The van der Waals surface area contributed by atoms with E-state index in [0.717, 1.165) is 0 Å². The Labute approximate surface area is 128 Å². The number of carbonyl (C=O) groups is 2. The van der Waals surface area contributed by atoms with Crippen LogP contribution in [0.1, 0.15) is 16.1 Å². The number of carbonyl (C=O) groups excluding carboxylic acids is 1. The lowest BCUT2D eigenvalue weighted by atomic mass is 10.2. The topological polar surface area (TPSA) is 104 Å². The third kappa shape index (κ3) is 4.25. The molecular weight excluding hydrogens is 340 g/mol. The molecule has 3 N–H and O–H groups in total. The van der Waals surface area contributed by atoms with Gasteiger partial charge >= 0.3 is 12.0 Å². The Hall–Kier alpha value is -2.48. The molecule has 0 atom stereocenters. The number of benzene rings is 1. The van der Waals surface area contributed by atoms with Gasteiger partial charge in [0.15, 0.2) is 0 Å². The van der Waals surface area contributed by atoms with E-state index >= 15 is 0 Å². The summed E-state index contributed by atoms with van der Waals surface area (Å²) in [5.41, 5.74) is 1.07. The standard InChI is InChI=1S/C13H11BrN4O3/c14-11-4-3-8(6-10(11)12(19)20)17-13(21)15-7-9-2-1-5-16-18-9/h1-6H,7H2,(H,19,20)(H2,15,17,21). The summed E-state index contributed by atoms with van der Waals surface area (Å²) in [5, 5.41) is 21.7. The Kier molecular flexibility index (Phi) is 4.83. The van der Waals surface area contributed by atoms with Crippen LogP contribution in [0.25, 0.3) is 0 Å². The van der Waals surface area contributed by atoms with E-state index in [4.69, 9.17) is 5.11 Å². The van der Waals surface area contributed by atoms with Crippen molar-refractivity contribution in [1.82, 2.24) is 15.5 Å². The first-order valence-corrected chi connectivity index (χ1v) is 6.70.